The quantitative estimate of drug-likeness (QED) is 0.188. The Labute approximate surface area is 287 Å². The summed E-state index contributed by atoms with van der Waals surface area (Å²) >= 11 is 0. The second kappa shape index (κ2) is 11.4. The van der Waals surface area contributed by atoms with Crippen LogP contribution in [0.25, 0.3) is 94.7 Å². The van der Waals surface area contributed by atoms with Crippen LogP contribution >= 0.6 is 0 Å². The Bertz CT molecular complexity index is 2800. The van der Waals surface area contributed by atoms with E-state index in [4.69, 9.17) is 19.4 Å². The summed E-state index contributed by atoms with van der Waals surface area (Å²) in [5.74, 6) is 1.87. The molecule has 0 aliphatic heterocycles. The van der Waals surface area contributed by atoms with Crippen LogP contribution in [-0.2, 0) is 0 Å². The number of hydrogen-bond acceptors (Lipinski definition) is 4. The molecular weight excluding hydrogens is 613 g/mol. The van der Waals surface area contributed by atoms with Crippen molar-refractivity contribution in [3.05, 3.63) is 170 Å². The second-order valence-corrected chi connectivity index (χ2v) is 12.4. The van der Waals surface area contributed by atoms with E-state index < -0.39 is 0 Å². The molecule has 0 spiro atoms. The lowest BCUT2D eigenvalue weighted by molar-refractivity contribution is 0.670. The molecule has 234 valence electrons. The van der Waals surface area contributed by atoms with E-state index in [0.29, 0.717) is 17.5 Å². The highest BCUT2D eigenvalue weighted by atomic mass is 16.3. The van der Waals surface area contributed by atoms with Gasteiger partial charge in [-0.15, -0.1) is 0 Å². The van der Waals surface area contributed by atoms with Crippen molar-refractivity contribution in [1.82, 2.24) is 19.5 Å². The van der Waals surface area contributed by atoms with Crippen molar-refractivity contribution in [3.8, 4) is 51.0 Å². The van der Waals surface area contributed by atoms with Gasteiger partial charge in [-0.1, -0.05) is 146 Å². The summed E-state index contributed by atoms with van der Waals surface area (Å²) in [5.41, 5.74) is 9.85. The van der Waals surface area contributed by atoms with Gasteiger partial charge in [0.15, 0.2) is 17.5 Å². The van der Waals surface area contributed by atoms with E-state index in [0.717, 1.165) is 77.2 Å². The minimum atomic E-state index is 0.614. The standard InChI is InChI=1S/C45H28N4O/c1-4-15-29(16-5-1)32-22-12-24-35-40-38(27-14-28-39(40)50-42(32)35)49-37-26-11-10-21-33(37)34-23-13-25-36(41(34)49)45-47-43(30-17-6-2-7-18-30)46-44(48-45)31-19-8-3-9-20-31/h1-28H. The fraction of sp³-hybridized carbons (Fsp3) is 0. The first-order valence-electron chi connectivity index (χ1n) is 16.7. The Morgan fingerprint density at radius 1 is 0.400 bits per heavy atom. The highest BCUT2D eigenvalue weighted by Gasteiger charge is 2.23. The minimum Gasteiger partial charge on any atom is -0.455 e. The number of hydrogen-bond donors (Lipinski definition) is 0. The van der Waals surface area contributed by atoms with Gasteiger partial charge in [-0.3, -0.25) is 0 Å². The van der Waals surface area contributed by atoms with Crippen molar-refractivity contribution in [2.24, 2.45) is 0 Å². The van der Waals surface area contributed by atoms with Gasteiger partial charge in [-0.05, 0) is 29.8 Å². The molecule has 0 N–H and O–H groups in total. The van der Waals surface area contributed by atoms with Gasteiger partial charge in [-0.25, -0.2) is 15.0 Å². The SMILES string of the molecule is c1ccc(-c2nc(-c3ccccc3)nc(-c3cccc4c5ccccc5n(-c5cccc6oc7c(-c8ccccc8)cccc7c56)c34)n2)cc1. The van der Waals surface area contributed by atoms with Gasteiger partial charge in [-0.2, -0.15) is 0 Å². The Hall–Kier alpha value is -6.85. The largest absolute Gasteiger partial charge is 0.455 e. The Kier molecular flexibility index (Phi) is 6.42. The first kappa shape index (κ1) is 28.2. The average molecular weight is 641 g/mol. The van der Waals surface area contributed by atoms with Gasteiger partial charge in [0.25, 0.3) is 0 Å². The fourth-order valence-corrected chi connectivity index (χ4v) is 7.24. The lowest BCUT2D eigenvalue weighted by Crippen LogP contribution is -2.02. The molecule has 5 nitrogen and oxygen atoms in total. The third-order valence-electron chi connectivity index (χ3n) is 9.46. The molecule has 0 saturated carbocycles. The average Bonchev–Trinajstić information content (AvgIpc) is 3.75. The lowest BCUT2D eigenvalue weighted by atomic mass is 10.0. The normalized spacial score (nSPS) is 11.6. The fourth-order valence-electron chi connectivity index (χ4n) is 7.24. The molecule has 7 aromatic carbocycles. The first-order valence-corrected chi connectivity index (χ1v) is 16.7. The molecule has 3 heterocycles. The van der Waals surface area contributed by atoms with Crippen LogP contribution in [0.4, 0.5) is 0 Å². The molecule has 5 heteroatoms. The molecule has 0 aliphatic carbocycles. The van der Waals surface area contributed by atoms with Gasteiger partial charge < -0.3 is 8.98 Å². The number of para-hydroxylation sites is 3. The lowest BCUT2D eigenvalue weighted by Gasteiger charge is -2.13. The van der Waals surface area contributed by atoms with E-state index in [1.807, 2.05) is 66.7 Å². The summed E-state index contributed by atoms with van der Waals surface area (Å²) in [7, 11) is 0. The Morgan fingerprint density at radius 2 is 0.940 bits per heavy atom. The van der Waals surface area contributed by atoms with E-state index in [1.165, 1.54) is 0 Å². The number of aromatic nitrogens is 4. The summed E-state index contributed by atoms with van der Waals surface area (Å²) in [5, 5.41) is 4.40. The maximum Gasteiger partial charge on any atom is 0.166 e. The topological polar surface area (TPSA) is 56.7 Å². The molecule has 0 radical (unpaired) electrons. The van der Waals surface area contributed by atoms with Crippen LogP contribution in [0.15, 0.2) is 174 Å². The monoisotopic (exact) mass is 640 g/mol. The number of fused-ring (bicyclic) bond motifs is 6. The molecule has 10 aromatic rings. The molecule has 50 heavy (non-hydrogen) atoms. The van der Waals surface area contributed by atoms with Gasteiger partial charge in [0.2, 0.25) is 0 Å². The Morgan fingerprint density at radius 3 is 1.64 bits per heavy atom. The number of benzene rings is 7. The van der Waals surface area contributed by atoms with E-state index in [1.54, 1.807) is 0 Å². The van der Waals surface area contributed by atoms with Gasteiger partial charge in [0.05, 0.1) is 22.1 Å². The summed E-state index contributed by atoms with van der Waals surface area (Å²) in [6.45, 7) is 0. The highest BCUT2D eigenvalue weighted by Crippen LogP contribution is 2.43. The van der Waals surface area contributed by atoms with Crippen LogP contribution in [0, 0.1) is 0 Å². The maximum absolute atomic E-state index is 6.70. The van der Waals surface area contributed by atoms with Crippen LogP contribution < -0.4 is 0 Å². The molecule has 0 atom stereocenters. The second-order valence-electron chi connectivity index (χ2n) is 12.4. The molecule has 3 aromatic heterocycles. The van der Waals surface area contributed by atoms with Crippen molar-refractivity contribution in [3.63, 3.8) is 0 Å². The third kappa shape index (κ3) is 4.45. The van der Waals surface area contributed by atoms with Gasteiger partial charge in [0.1, 0.15) is 11.2 Å². The molecule has 0 bridgehead atoms. The van der Waals surface area contributed by atoms with Crippen molar-refractivity contribution in [1.29, 1.82) is 0 Å². The Balaban J connectivity index is 1.30. The zero-order chi connectivity index (χ0) is 33.0. The van der Waals surface area contributed by atoms with E-state index in [-0.39, 0.29) is 0 Å². The van der Waals surface area contributed by atoms with Crippen LogP contribution in [0.2, 0.25) is 0 Å². The molecule has 0 aliphatic rings. The smallest absolute Gasteiger partial charge is 0.166 e. The van der Waals surface area contributed by atoms with Gasteiger partial charge >= 0.3 is 0 Å². The molecule has 0 amide bonds. The summed E-state index contributed by atoms with van der Waals surface area (Å²) in [6.07, 6.45) is 0. The van der Waals surface area contributed by atoms with Crippen molar-refractivity contribution >= 4 is 43.7 Å². The predicted molar refractivity (Wildman–Crippen MR) is 203 cm³/mol. The maximum atomic E-state index is 6.70. The summed E-state index contributed by atoms with van der Waals surface area (Å²) in [4.78, 5) is 15.3. The zero-order valence-electron chi connectivity index (χ0n) is 26.9. The first-order chi connectivity index (χ1) is 24.8. The predicted octanol–water partition coefficient (Wildman–Crippen LogP) is 11.5. The van der Waals surface area contributed by atoms with Crippen LogP contribution in [0.5, 0.6) is 0 Å². The minimum absolute atomic E-state index is 0.614. The van der Waals surface area contributed by atoms with Crippen LogP contribution in [0.1, 0.15) is 0 Å². The zero-order valence-corrected chi connectivity index (χ0v) is 26.9. The van der Waals surface area contributed by atoms with E-state index in [9.17, 15) is 0 Å². The van der Waals surface area contributed by atoms with E-state index in [2.05, 4.69) is 108 Å². The summed E-state index contributed by atoms with van der Waals surface area (Å²) in [6, 6.07) is 58.4. The van der Waals surface area contributed by atoms with Crippen LogP contribution in [-0.4, -0.2) is 19.5 Å². The van der Waals surface area contributed by atoms with Crippen molar-refractivity contribution in [2.45, 2.75) is 0 Å². The highest BCUT2D eigenvalue weighted by molar-refractivity contribution is 6.18. The third-order valence-corrected chi connectivity index (χ3v) is 9.46. The molecule has 0 fully saturated rings. The molecule has 10 rings (SSSR count). The number of nitrogens with zero attached hydrogens (tertiary/aromatic N) is 4. The molecule has 0 saturated heterocycles. The van der Waals surface area contributed by atoms with Crippen molar-refractivity contribution < 1.29 is 4.42 Å². The molecular formula is C45H28N4O. The van der Waals surface area contributed by atoms with E-state index >= 15 is 0 Å². The number of rotatable bonds is 5. The van der Waals surface area contributed by atoms with Crippen molar-refractivity contribution in [2.75, 3.05) is 0 Å². The molecule has 0 unspecified atom stereocenters. The van der Waals surface area contributed by atoms with Crippen LogP contribution in [0.3, 0.4) is 0 Å². The summed E-state index contributed by atoms with van der Waals surface area (Å²) < 4.78 is 9.06. The van der Waals surface area contributed by atoms with Gasteiger partial charge in [0, 0.05) is 38.4 Å². The number of furan rings is 1.